The van der Waals surface area contributed by atoms with Crippen LogP contribution in [0.3, 0.4) is 0 Å². The second-order valence-corrected chi connectivity index (χ2v) is 5.32. The van der Waals surface area contributed by atoms with E-state index in [-0.39, 0.29) is 5.41 Å². The van der Waals surface area contributed by atoms with Gasteiger partial charge in [-0.2, -0.15) is 0 Å². The van der Waals surface area contributed by atoms with Gasteiger partial charge in [0.15, 0.2) is 0 Å². The molecule has 0 bridgehead atoms. The first-order chi connectivity index (χ1) is 7.83. The summed E-state index contributed by atoms with van der Waals surface area (Å²) in [5.41, 5.74) is 2.04. The minimum atomic E-state index is 0.248. The van der Waals surface area contributed by atoms with E-state index in [1.54, 1.807) is 0 Å². The monoisotopic (exact) mass is 220 g/mol. The average molecular weight is 220 g/mol. The Morgan fingerprint density at radius 1 is 1.44 bits per heavy atom. The van der Waals surface area contributed by atoms with Crippen LogP contribution >= 0.6 is 0 Å². The predicted octanol–water partition coefficient (Wildman–Crippen LogP) is 1.67. The molecule has 16 heavy (non-hydrogen) atoms. The summed E-state index contributed by atoms with van der Waals surface area (Å²) in [5.74, 6) is 0. The normalized spacial score (nSPS) is 25.8. The number of hydrogen-bond acceptors (Lipinski definition) is 2. The van der Waals surface area contributed by atoms with Gasteiger partial charge in [0.05, 0.1) is 18.6 Å². The van der Waals surface area contributed by atoms with Crippen LogP contribution in [0.4, 0.5) is 0 Å². The second kappa shape index (κ2) is 3.60. The van der Waals surface area contributed by atoms with E-state index in [1.807, 2.05) is 6.20 Å². The molecule has 0 radical (unpaired) electrons. The van der Waals surface area contributed by atoms with E-state index in [0.717, 1.165) is 19.8 Å². The van der Waals surface area contributed by atoms with Crippen LogP contribution in [0.5, 0.6) is 0 Å². The molecule has 0 amide bonds. The zero-order chi connectivity index (χ0) is 11.1. The molecule has 0 unspecified atom stereocenters. The Morgan fingerprint density at radius 3 is 2.62 bits per heavy atom. The lowest BCUT2D eigenvalue weighted by Crippen LogP contribution is -2.64. The molecule has 1 aliphatic heterocycles. The van der Waals surface area contributed by atoms with Crippen molar-refractivity contribution >= 4 is 0 Å². The van der Waals surface area contributed by atoms with Crippen molar-refractivity contribution in [3.8, 4) is 0 Å². The van der Waals surface area contributed by atoms with Gasteiger partial charge < -0.3 is 15.0 Å². The Kier molecular flexibility index (Phi) is 2.33. The van der Waals surface area contributed by atoms with E-state index in [4.69, 9.17) is 4.74 Å². The Morgan fingerprint density at radius 2 is 2.25 bits per heavy atom. The highest BCUT2D eigenvalue weighted by molar-refractivity contribution is 5.28. The Bertz CT molecular complexity index is 350. The van der Waals surface area contributed by atoms with Gasteiger partial charge in [-0.1, -0.05) is 6.42 Å². The van der Waals surface area contributed by atoms with Crippen molar-refractivity contribution < 1.29 is 4.74 Å². The standard InChI is InChI=1S/C13H20N2O/c1-14-8-12(5-3-6-12)13(9-16-10-13)11-4-2-7-15-11/h2,4,7,14-15H,3,5-6,8-10H2,1H3. The summed E-state index contributed by atoms with van der Waals surface area (Å²) in [6, 6.07) is 4.32. The van der Waals surface area contributed by atoms with Crippen LogP contribution in [0, 0.1) is 5.41 Å². The van der Waals surface area contributed by atoms with Gasteiger partial charge in [-0.15, -0.1) is 0 Å². The first-order valence-corrected chi connectivity index (χ1v) is 6.19. The highest BCUT2D eigenvalue weighted by Crippen LogP contribution is 2.57. The maximum Gasteiger partial charge on any atom is 0.0638 e. The minimum absolute atomic E-state index is 0.248. The van der Waals surface area contributed by atoms with Crippen molar-refractivity contribution in [3.63, 3.8) is 0 Å². The molecular weight excluding hydrogens is 200 g/mol. The number of aromatic amines is 1. The molecule has 3 nitrogen and oxygen atoms in total. The predicted molar refractivity (Wildman–Crippen MR) is 63.5 cm³/mol. The fourth-order valence-electron chi connectivity index (χ4n) is 3.45. The lowest BCUT2D eigenvalue weighted by atomic mass is 9.50. The minimum Gasteiger partial charge on any atom is -0.379 e. The van der Waals surface area contributed by atoms with Crippen LogP contribution in [-0.4, -0.2) is 31.8 Å². The van der Waals surface area contributed by atoms with Crippen LogP contribution in [0.25, 0.3) is 0 Å². The molecule has 2 N–H and O–H groups in total. The number of ether oxygens (including phenoxy) is 1. The maximum absolute atomic E-state index is 5.54. The van der Waals surface area contributed by atoms with Gasteiger partial charge in [-0.3, -0.25) is 0 Å². The lowest BCUT2D eigenvalue weighted by Gasteiger charge is -2.59. The third-order valence-electron chi connectivity index (χ3n) is 4.65. The molecule has 0 spiro atoms. The molecule has 1 aromatic heterocycles. The van der Waals surface area contributed by atoms with Gasteiger partial charge >= 0.3 is 0 Å². The smallest absolute Gasteiger partial charge is 0.0638 e. The van der Waals surface area contributed by atoms with E-state index in [1.165, 1.54) is 25.0 Å². The van der Waals surface area contributed by atoms with Crippen molar-refractivity contribution in [3.05, 3.63) is 24.0 Å². The van der Waals surface area contributed by atoms with Crippen LogP contribution in [0.1, 0.15) is 25.0 Å². The summed E-state index contributed by atoms with van der Waals surface area (Å²) in [4.78, 5) is 3.40. The van der Waals surface area contributed by atoms with E-state index < -0.39 is 0 Å². The summed E-state index contributed by atoms with van der Waals surface area (Å²) in [6.45, 7) is 2.87. The van der Waals surface area contributed by atoms with Crippen LogP contribution in [-0.2, 0) is 10.2 Å². The highest BCUT2D eigenvalue weighted by atomic mass is 16.5. The summed E-state index contributed by atoms with van der Waals surface area (Å²) in [5, 5.41) is 3.38. The first kappa shape index (κ1) is 10.4. The van der Waals surface area contributed by atoms with Gasteiger partial charge in [0.25, 0.3) is 0 Å². The molecule has 0 aromatic carbocycles. The van der Waals surface area contributed by atoms with Crippen molar-refractivity contribution in [1.82, 2.24) is 10.3 Å². The van der Waals surface area contributed by atoms with E-state index >= 15 is 0 Å². The van der Waals surface area contributed by atoms with Crippen molar-refractivity contribution in [1.29, 1.82) is 0 Å². The van der Waals surface area contributed by atoms with Crippen molar-refractivity contribution in [2.24, 2.45) is 5.41 Å². The van der Waals surface area contributed by atoms with Crippen LogP contribution in [0.2, 0.25) is 0 Å². The van der Waals surface area contributed by atoms with Gasteiger partial charge in [0, 0.05) is 18.4 Å². The number of H-pyrrole nitrogens is 1. The zero-order valence-corrected chi connectivity index (χ0v) is 9.88. The molecular formula is C13H20N2O. The number of aromatic nitrogens is 1. The lowest BCUT2D eigenvalue weighted by molar-refractivity contribution is -0.157. The Labute approximate surface area is 96.6 Å². The van der Waals surface area contributed by atoms with Gasteiger partial charge in [0.2, 0.25) is 0 Å². The Balaban J connectivity index is 1.95. The van der Waals surface area contributed by atoms with E-state index in [9.17, 15) is 0 Å². The second-order valence-electron chi connectivity index (χ2n) is 5.32. The fourth-order valence-corrected chi connectivity index (χ4v) is 3.45. The molecule has 3 rings (SSSR count). The molecule has 1 saturated carbocycles. The zero-order valence-electron chi connectivity index (χ0n) is 9.88. The van der Waals surface area contributed by atoms with Crippen molar-refractivity contribution in [2.45, 2.75) is 24.7 Å². The average Bonchev–Trinajstić information content (AvgIpc) is 2.65. The third kappa shape index (κ3) is 1.16. The van der Waals surface area contributed by atoms with E-state index in [2.05, 4.69) is 29.5 Å². The van der Waals surface area contributed by atoms with Crippen LogP contribution < -0.4 is 5.32 Å². The summed E-state index contributed by atoms with van der Waals surface area (Å²) < 4.78 is 5.54. The number of hydrogen-bond donors (Lipinski definition) is 2. The summed E-state index contributed by atoms with van der Waals surface area (Å²) in [7, 11) is 2.06. The largest absolute Gasteiger partial charge is 0.379 e. The quantitative estimate of drug-likeness (QED) is 0.810. The molecule has 1 aromatic rings. The van der Waals surface area contributed by atoms with Gasteiger partial charge in [-0.25, -0.2) is 0 Å². The molecule has 1 aliphatic carbocycles. The molecule has 0 atom stereocenters. The summed E-state index contributed by atoms with van der Waals surface area (Å²) >= 11 is 0. The maximum atomic E-state index is 5.54. The summed E-state index contributed by atoms with van der Waals surface area (Å²) in [6.07, 6.45) is 6.05. The van der Waals surface area contributed by atoms with Crippen LogP contribution in [0.15, 0.2) is 18.3 Å². The molecule has 3 heteroatoms. The topological polar surface area (TPSA) is 37.0 Å². The molecule has 2 heterocycles. The van der Waals surface area contributed by atoms with Crippen molar-refractivity contribution in [2.75, 3.05) is 26.8 Å². The molecule has 88 valence electrons. The van der Waals surface area contributed by atoms with Gasteiger partial charge in [-0.05, 0) is 37.4 Å². The molecule has 2 fully saturated rings. The Hall–Kier alpha value is -0.800. The van der Waals surface area contributed by atoms with Gasteiger partial charge in [0.1, 0.15) is 0 Å². The molecule has 1 saturated heterocycles. The first-order valence-electron chi connectivity index (χ1n) is 6.19. The number of nitrogens with one attached hydrogen (secondary N) is 2. The van der Waals surface area contributed by atoms with E-state index in [0.29, 0.717) is 5.41 Å². The third-order valence-corrected chi connectivity index (χ3v) is 4.65. The SMILES string of the molecule is CNCC1(C2(c3ccc[nH]3)COC2)CCC1. The fraction of sp³-hybridized carbons (Fsp3) is 0.692. The number of rotatable bonds is 4. The highest BCUT2D eigenvalue weighted by Gasteiger charge is 2.59. The molecule has 2 aliphatic rings.